The minimum absolute atomic E-state index is 0. The minimum atomic E-state index is -0.602. The summed E-state index contributed by atoms with van der Waals surface area (Å²) in [4.78, 5) is 0. The molecule has 16 heavy (non-hydrogen) atoms. The third-order valence-electron chi connectivity index (χ3n) is 2.88. The summed E-state index contributed by atoms with van der Waals surface area (Å²) in [5.74, 6) is -0.149. The summed E-state index contributed by atoms with van der Waals surface area (Å²) in [7, 11) is 0. The van der Waals surface area contributed by atoms with E-state index in [2.05, 4.69) is 0 Å². The highest BCUT2D eigenvalue weighted by atomic mass is 35.5. The van der Waals surface area contributed by atoms with Crippen molar-refractivity contribution in [3.63, 3.8) is 0 Å². The Morgan fingerprint density at radius 1 is 1.44 bits per heavy atom. The lowest BCUT2D eigenvalue weighted by atomic mass is 10.0. The average Bonchev–Trinajstić information content (AvgIpc) is 2.98. The van der Waals surface area contributed by atoms with Gasteiger partial charge in [-0.15, -0.1) is 12.4 Å². The quantitative estimate of drug-likeness (QED) is 0.566. The van der Waals surface area contributed by atoms with Gasteiger partial charge >= 0.3 is 0 Å². The molecule has 1 aliphatic rings. The Labute approximate surface area is 100 Å². The predicted molar refractivity (Wildman–Crippen MR) is 64.0 cm³/mol. The van der Waals surface area contributed by atoms with Crippen LogP contribution in [0.4, 0.5) is 10.1 Å². The standard InChI is InChI=1S/C11H15FN2O.ClH/c12-8-4-3-7(11(15)10(8)14)9(13)5-6-1-2-6;/h3-4,6,9,15H,1-2,5,13-14H2;1H/t9-;/m0./s1. The molecule has 1 atom stereocenters. The van der Waals surface area contributed by atoms with Crippen LogP contribution in [0.2, 0.25) is 0 Å². The number of aromatic hydroxyl groups is 1. The van der Waals surface area contributed by atoms with Crippen molar-refractivity contribution in [1.29, 1.82) is 0 Å². The Kier molecular flexibility index (Phi) is 3.99. The fraction of sp³-hybridized carbons (Fsp3) is 0.455. The first kappa shape index (κ1) is 13.1. The molecule has 1 saturated carbocycles. The summed E-state index contributed by atoms with van der Waals surface area (Å²) in [6.07, 6.45) is 3.23. The molecule has 2 rings (SSSR count). The third-order valence-corrected chi connectivity index (χ3v) is 2.88. The molecule has 5 N–H and O–H groups in total. The van der Waals surface area contributed by atoms with Crippen LogP contribution in [0.5, 0.6) is 5.75 Å². The Morgan fingerprint density at radius 2 is 2.06 bits per heavy atom. The topological polar surface area (TPSA) is 72.3 Å². The maximum absolute atomic E-state index is 13.0. The molecule has 0 unspecified atom stereocenters. The molecule has 0 aliphatic heterocycles. The van der Waals surface area contributed by atoms with Gasteiger partial charge in [0.1, 0.15) is 17.3 Å². The monoisotopic (exact) mass is 246 g/mol. The van der Waals surface area contributed by atoms with Gasteiger partial charge in [-0.05, 0) is 18.4 Å². The van der Waals surface area contributed by atoms with E-state index < -0.39 is 5.82 Å². The fourth-order valence-electron chi connectivity index (χ4n) is 1.74. The molecule has 0 bridgehead atoms. The van der Waals surface area contributed by atoms with E-state index in [1.807, 2.05) is 0 Å². The van der Waals surface area contributed by atoms with Gasteiger partial charge < -0.3 is 16.6 Å². The third kappa shape index (κ3) is 2.57. The zero-order valence-electron chi connectivity index (χ0n) is 8.82. The Hall–Kier alpha value is -1.00. The summed E-state index contributed by atoms with van der Waals surface area (Å²) >= 11 is 0. The van der Waals surface area contributed by atoms with Crippen molar-refractivity contribution in [1.82, 2.24) is 0 Å². The van der Waals surface area contributed by atoms with Gasteiger partial charge in [-0.1, -0.05) is 18.9 Å². The summed E-state index contributed by atoms with van der Waals surface area (Å²) < 4.78 is 13.0. The molecular weight excluding hydrogens is 231 g/mol. The Morgan fingerprint density at radius 3 is 2.62 bits per heavy atom. The molecule has 1 aromatic rings. The molecule has 3 nitrogen and oxygen atoms in total. The van der Waals surface area contributed by atoms with E-state index in [0.29, 0.717) is 11.5 Å². The zero-order valence-corrected chi connectivity index (χ0v) is 9.64. The number of rotatable bonds is 3. The Balaban J connectivity index is 0.00000128. The first-order valence-corrected chi connectivity index (χ1v) is 5.12. The second kappa shape index (κ2) is 4.89. The zero-order chi connectivity index (χ0) is 11.0. The van der Waals surface area contributed by atoms with Crippen molar-refractivity contribution in [3.8, 4) is 5.75 Å². The molecular formula is C11H16ClFN2O. The minimum Gasteiger partial charge on any atom is -0.505 e. The number of benzene rings is 1. The highest BCUT2D eigenvalue weighted by molar-refractivity contribution is 5.85. The largest absolute Gasteiger partial charge is 0.505 e. The van der Waals surface area contributed by atoms with Crippen LogP contribution < -0.4 is 11.5 Å². The van der Waals surface area contributed by atoms with E-state index in [4.69, 9.17) is 11.5 Å². The van der Waals surface area contributed by atoms with Gasteiger partial charge in [-0.25, -0.2) is 4.39 Å². The van der Waals surface area contributed by atoms with Gasteiger partial charge in [0.2, 0.25) is 0 Å². The van der Waals surface area contributed by atoms with Gasteiger partial charge in [0.15, 0.2) is 0 Å². The molecule has 0 radical (unpaired) electrons. The molecule has 1 aliphatic carbocycles. The highest BCUT2D eigenvalue weighted by Crippen LogP contribution is 2.40. The molecule has 0 saturated heterocycles. The highest BCUT2D eigenvalue weighted by Gasteiger charge is 2.26. The van der Waals surface area contributed by atoms with Gasteiger partial charge in [0, 0.05) is 11.6 Å². The maximum atomic E-state index is 13.0. The number of hydrogen-bond acceptors (Lipinski definition) is 3. The molecule has 0 amide bonds. The molecule has 0 heterocycles. The van der Waals surface area contributed by atoms with E-state index in [1.165, 1.54) is 25.0 Å². The molecule has 0 spiro atoms. The van der Waals surface area contributed by atoms with E-state index in [0.717, 1.165) is 6.42 Å². The molecule has 1 fully saturated rings. The van der Waals surface area contributed by atoms with Crippen molar-refractivity contribution in [3.05, 3.63) is 23.5 Å². The smallest absolute Gasteiger partial charge is 0.149 e. The number of nitrogen functional groups attached to an aromatic ring is 1. The van der Waals surface area contributed by atoms with Crippen molar-refractivity contribution in [2.75, 3.05) is 5.73 Å². The number of hydrogen-bond donors (Lipinski definition) is 3. The van der Waals surface area contributed by atoms with Crippen LogP contribution in [-0.2, 0) is 0 Å². The second-order valence-corrected chi connectivity index (χ2v) is 4.18. The van der Waals surface area contributed by atoms with Gasteiger partial charge in [0.05, 0.1) is 0 Å². The van der Waals surface area contributed by atoms with Crippen LogP contribution in [0.3, 0.4) is 0 Å². The summed E-state index contributed by atoms with van der Waals surface area (Å²) in [6, 6.07) is 2.51. The fourth-order valence-corrected chi connectivity index (χ4v) is 1.74. The van der Waals surface area contributed by atoms with Crippen molar-refractivity contribution >= 4 is 18.1 Å². The van der Waals surface area contributed by atoms with Crippen molar-refractivity contribution in [2.45, 2.75) is 25.3 Å². The van der Waals surface area contributed by atoms with Gasteiger partial charge in [0.25, 0.3) is 0 Å². The Bertz CT molecular complexity index is 382. The van der Waals surface area contributed by atoms with Gasteiger partial charge in [-0.3, -0.25) is 0 Å². The lowest BCUT2D eigenvalue weighted by Gasteiger charge is -2.14. The summed E-state index contributed by atoms with van der Waals surface area (Å²) in [5.41, 5.74) is 11.6. The van der Waals surface area contributed by atoms with E-state index in [1.54, 1.807) is 0 Å². The van der Waals surface area contributed by atoms with Crippen LogP contribution in [0.25, 0.3) is 0 Å². The molecule has 0 aromatic heterocycles. The van der Waals surface area contributed by atoms with Crippen LogP contribution >= 0.6 is 12.4 Å². The number of nitrogens with two attached hydrogens (primary N) is 2. The van der Waals surface area contributed by atoms with E-state index in [9.17, 15) is 9.50 Å². The van der Waals surface area contributed by atoms with Crippen molar-refractivity contribution < 1.29 is 9.50 Å². The van der Waals surface area contributed by atoms with Crippen molar-refractivity contribution in [2.24, 2.45) is 11.7 Å². The number of anilines is 1. The number of phenolic OH excluding ortho intramolecular Hbond substituents is 1. The van der Waals surface area contributed by atoms with Crippen LogP contribution in [-0.4, -0.2) is 5.11 Å². The first-order valence-electron chi connectivity index (χ1n) is 5.12. The lowest BCUT2D eigenvalue weighted by Crippen LogP contribution is -2.12. The second-order valence-electron chi connectivity index (χ2n) is 4.18. The van der Waals surface area contributed by atoms with E-state index in [-0.39, 0.29) is 29.9 Å². The SMILES string of the molecule is Cl.Nc1c(F)ccc([C@@H](N)CC2CC2)c1O. The van der Waals surface area contributed by atoms with E-state index >= 15 is 0 Å². The van der Waals surface area contributed by atoms with Crippen LogP contribution in [0.1, 0.15) is 30.9 Å². The average molecular weight is 247 g/mol. The molecule has 5 heteroatoms. The normalized spacial score (nSPS) is 16.6. The van der Waals surface area contributed by atoms with Gasteiger partial charge in [-0.2, -0.15) is 0 Å². The summed E-state index contributed by atoms with van der Waals surface area (Å²) in [5, 5.41) is 9.64. The first-order chi connectivity index (χ1) is 7.09. The van der Waals surface area contributed by atoms with Crippen LogP contribution in [0, 0.1) is 11.7 Å². The number of halogens is 2. The van der Waals surface area contributed by atoms with Crippen LogP contribution in [0.15, 0.2) is 12.1 Å². The maximum Gasteiger partial charge on any atom is 0.149 e. The lowest BCUT2D eigenvalue weighted by molar-refractivity contribution is 0.453. The predicted octanol–water partition coefficient (Wildman–Crippen LogP) is 2.34. The number of phenols is 1. The molecule has 1 aromatic carbocycles. The molecule has 90 valence electrons. The summed E-state index contributed by atoms with van der Waals surface area (Å²) in [6.45, 7) is 0.